The van der Waals surface area contributed by atoms with Crippen molar-refractivity contribution in [2.75, 3.05) is 60.5 Å². The first-order valence-corrected chi connectivity index (χ1v) is 20.3. The van der Waals surface area contributed by atoms with E-state index in [0.29, 0.717) is 24.8 Å². The Kier molecular flexibility index (Phi) is 19.6. The van der Waals surface area contributed by atoms with Crippen LogP contribution in [-0.4, -0.2) is 99.3 Å². The number of hydrogen-bond acceptors (Lipinski definition) is 12. The number of aryl methyl sites for hydroxylation is 1. The number of benzene rings is 3. The molecule has 324 valence electrons. The molecule has 0 saturated heterocycles. The van der Waals surface area contributed by atoms with Gasteiger partial charge >= 0.3 is 17.6 Å². The molecule has 0 saturated carbocycles. The molecule has 0 aliphatic carbocycles. The molecular formula is C47H60N2O11. The number of aliphatic hydroxyl groups is 1. The van der Waals surface area contributed by atoms with E-state index in [1.165, 1.54) is 18.8 Å². The highest BCUT2D eigenvalue weighted by atomic mass is 16.6. The van der Waals surface area contributed by atoms with Crippen LogP contribution in [0.5, 0.6) is 5.88 Å². The first-order chi connectivity index (χ1) is 29.0. The third-order valence-electron chi connectivity index (χ3n) is 9.56. The average Bonchev–Trinajstić information content (AvgIpc) is 3.26. The summed E-state index contributed by atoms with van der Waals surface area (Å²) in [4.78, 5) is 41.1. The van der Waals surface area contributed by atoms with Gasteiger partial charge in [0.15, 0.2) is 0 Å². The minimum Gasteiger partial charge on any atom is -0.480 e. The van der Waals surface area contributed by atoms with Gasteiger partial charge < -0.3 is 38.3 Å². The monoisotopic (exact) mass is 828 g/mol. The number of aliphatic hydroxyl groups excluding tert-OH is 1. The van der Waals surface area contributed by atoms with Crippen molar-refractivity contribution in [1.29, 1.82) is 0 Å². The third-order valence-corrected chi connectivity index (χ3v) is 9.56. The van der Waals surface area contributed by atoms with Crippen LogP contribution in [0, 0.1) is 5.41 Å². The Morgan fingerprint density at radius 1 is 0.783 bits per heavy atom. The summed E-state index contributed by atoms with van der Waals surface area (Å²) in [5.41, 5.74) is 1.28. The van der Waals surface area contributed by atoms with E-state index in [0.717, 1.165) is 16.7 Å². The van der Waals surface area contributed by atoms with E-state index in [4.69, 9.17) is 33.2 Å². The quantitative estimate of drug-likeness (QED) is 0.0425. The second kappa shape index (κ2) is 24.8. The first kappa shape index (κ1) is 47.5. The fraction of sp³-hybridized carbons (Fsp3) is 0.447. The summed E-state index contributed by atoms with van der Waals surface area (Å²) in [6, 6.07) is 30.1. The number of aromatic nitrogens is 2. The number of allylic oxidation sites excluding steroid dienone is 1. The summed E-state index contributed by atoms with van der Waals surface area (Å²) >= 11 is 0. The standard InChI is InChI=1S/C47H60N2O11/c1-46(2,3)44(52)59-32-31-58-41(26-28-50)34-56-29-30-57-40(25-27-49-33-36(43(55-5)48-45(49)53)17-15-16-24-42(51)54-4)35-60-47(37-18-9-6-10-19-37,38-20-11-7-12-21-38)39-22-13-8-14-23-39/h6-15,17-23,33,40-41,50H,16,24-32,34-35H2,1-5H3/b17-15+/t40-,41-/m0/s1. The van der Waals surface area contributed by atoms with Crippen molar-refractivity contribution in [2.24, 2.45) is 5.41 Å². The lowest BCUT2D eigenvalue weighted by molar-refractivity contribution is -0.155. The predicted octanol–water partition coefficient (Wildman–Crippen LogP) is 6.38. The number of nitrogens with zero attached hydrogens (tertiary/aromatic N) is 2. The molecule has 4 aromatic rings. The summed E-state index contributed by atoms with van der Waals surface area (Å²) in [6.45, 7) is 6.51. The topological polar surface area (TPSA) is 154 Å². The van der Waals surface area contributed by atoms with Crippen molar-refractivity contribution in [3.8, 4) is 5.88 Å². The number of ether oxygens (including phenoxy) is 7. The maximum atomic E-state index is 13.2. The smallest absolute Gasteiger partial charge is 0.350 e. The van der Waals surface area contributed by atoms with Crippen LogP contribution in [0.4, 0.5) is 0 Å². The largest absolute Gasteiger partial charge is 0.480 e. The Labute approximate surface area is 353 Å². The predicted molar refractivity (Wildman–Crippen MR) is 228 cm³/mol. The molecule has 0 aliphatic rings. The maximum Gasteiger partial charge on any atom is 0.350 e. The van der Waals surface area contributed by atoms with Crippen LogP contribution in [0.15, 0.2) is 108 Å². The van der Waals surface area contributed by atoms with E-state index in [1.54, 1.807) is 39.1 Å². The van der Waals surface area contributed by atoms with E-state index >= 15 is 0 Å². The molecule has 0 fully saturated rings. The van der Waals surface area contributed by atoms with Gasteiger partial charge in [0.05, 0.1) is 70.4 Å². The Morgan fingerprint density at radius 3 is 1.88 bits per heavy atom. The second-order valence-electron chi connectivity index (χ2n) is 15.0. The highest BCUT2D eigenvalue weighted by molar-refractivity contribution is 5.75. The molecule has 2 atom stereocenters. The highest BCUT2D eigenvalue weighted by Gasteiger charge is 2.38. The molecule has 0 amide bonds. The number of carbonyl (C=O) groups excluding carboxylic acids is 2. The summed E-state index contributed by atoms with van der Waals surface area (Å²) in [7, 11) is 2.79. The number of rotatable bonds is 26. The molecule has 13 heteroatoms. The van der Waals surface area contributed by atoms with Crippen LogP contribution in [0.2, 0.25) is 0 Å². The van der Waals surface area contributed by atoms with E-state index in [1.807, 2.05) is 91.0 Å². The molecule has 0 aliphatic heterocycles. The number of methoxy groups -OCH3 is 2. The molecule has 1 N–H and O–H groups in total. The zero-order valence-corrected chi connectivity index (χ0v) is 35.5. The van der Waals surface area contributed by atoms with E-state index in [-0.39, 0.29) is 77.0 Å². The zero-order chi connectivity index (χ0) is 43.2. The second-order valence-corrected chi connectivity index (χ2v) is 15.0. The molecular weight excluding hydrogens is 769 g/mol. The number of carbonyl (C=O) groups is 2. The van der Waals surface area contributed by atoms with Gasteiger partial charge in [-0.3, -0.25) is 14.2 Å². The van der Waals surface area contributed by atoms with Crippen molar-refractivity contribution in [3.63, 3.8) is 0 Å². The third kappa shape index (κ3) is 14.5. The number of hydrogen-bond donors (Lipinski definition) is 1. The lowest BCUT2D eigenvalue weighted by atomic mass is 9.80. The van der Waals surface area contributed by atoms with Gasteiger partial charge in [0, 0.05) is 25.8 Å². The normalized spacial score (nSPS) is 12.9. The lowest BCUT2D eigenvalue weighted by Gasteiger charge is -2.37. The van der Waals surface area contributed by atoms with E-state index in [9.17, 15) is 19.5 Å². The number of esters is 2. The molecule has 4 rings (SSSR count). The molecule has 0 bridgehead atoms. The van der Waals surface area contributed by atoms with Crippen molar-refractivity contribution < 1.29 is 47.9 Å². The Morgan fingerprint density at radius 2 is 1.35 bits per heavy atom. The van der Waals surface area contributed by atoms with Gasteiger partial charge in [-0.1, -0.05) is 103 Å². The fourth-order valence-corrected chi connectivity index (χ4v) is 6.34. The molecule has 1 aromatic heterocycles. The van der Waals surface area contributed by atoms with Gasteiger partial charge in [-0.05, 0) is 56.7 Å². The van der Waals surface area contributed by atoms with E-state index < -0.39 is 28.9 Å². The Hall–Kier alpha value is -5.18. The van der Waals surface area contributed by atoms with Gasteiger partial charge in [-0.25, -0.2) is 4.79 Å². The van der Waals surface area contributed by atoms with Gasteiger partial charge in [0.1, 0.15) is 12.2 Å². The van der Waals surface area contributed by atoms with Gasteiger partial charge in [-0.15, -0.1) is 0 Å². The van der Waals surface area contributed by atoms with Crippen LogP contribution in [-0.2, 0) is 50.2 Å². The Balaban J connectivity index is 1.54. The van der Waals surface area contributed by atoms with Gasteiger partial charge in [-0.2, -0.15) is 4.98 Å². The minimum absolute atomic E-state index is 0.0949. The van der Waals surface area contributed by atoms with Crippen molar-refractivity contribution in [3.05, 3.63) is 136 Å². The summed E-state index contributed by atoms with van der Waals surface area (Å²) < 4.78 is 42.3. The van der Waals surface area contributed by atoms with Gasteiger partial charge in [0.2, 0.25) is 5.88 Å². The van der Waals surface area contributed by atoms with Crippen LogP contribution in [0.25, 0.3) is 6.08 Å². The van der Waals surface area contributed by atoms with Crippen LogP contribution >= 0.6 is 0 Å². The van der Waals surface area contributed by atoms with Crippen molar-refractivity contribution >= 4 is 18.0 Å². The van der Waals surface area contributed by atoms with Gasteiger partial charge in [0.25, 0.3) is 0 Å². The summed E-state index contributed by atoms with van der Waals surface area (Å²) in [5.74, 6) is -0.465. The molecule has 1 heterocycles. The lowest BCUT2D eigenvalue weighted by Crippen LogP contribution is -2.37. The molecule has 13 nitrogen and oxygen atoms in total. The van der Waals surface area contributed by atoms with Crippen LogP contribution < -0.4 is 10.4 Å². The highest BCUT2D eigenvalue weighted by Crippen LogP contribution is 2.40. The van der Waals surface area contributed by atoms with Crippen molar-refractivity contribution in [2.45, 2.75) is 70.8 Å². The molecule has 3 aromatic carbocycles. The van der Waals surface area contributed by atoms with Crippen molar-refractivity contribution in [1.82, 2.24) is 9.55 Å². The Bertz CT molecular complexity index is 1850. The summed E-state index contributed by atoms with van der Waals surface area (Å²) in [6.07, 6.45) is 5.69. The molecule has 0 radical (unpaired) electrons. The minimum atomic E-state index is -1.00. The molecule has 60 heavy (non-hydrogen) atoms. The SMILES string of the molecule is COC(=O)CC/C=C/c1cn(CC[C@@H](COC(c2ccccc2)(c2ccccc2)c2ccccc2)OCCOC[C@H](CCO)OCCOC(=O)C(C)(C)C)c(=O)nc1OC. The van der Waals surface area contributed by atoms with Crippen LogP contribution in [0.1, 0.15) is 68.7 Å². The zero-order valence-electron chi connectivity index (χ0n) is 35.5. The fourth-order valence-electron chi connectivity index (χ4n) is 6.34. The average molecular weight is 829 g/mol. The maximum absolute atomic E-state index is 13.2. The van der Waals surface area contributed by atoms with E-state index in [2.05, 4.69) is 4.98 Å². The molecule has 0 unspecified atom stereocenters. The summed E-state index contributed by atoms with van der Waals surface area (Å²) in [5, 5.41) is 9.62. The first-order valence-electron chi connectivity index (χ1n) is 20.3. The molecule has 0 spiro atoms. The van der Waals surface area contributed by atoms with Crippen LogP contribution in [0.3, 0.4) is 0 Å².